The van der Waals surface area contributed by atoms with Gasteiger partial charge in [0.05, 0.1) is 5.92 Å². The molecule has 2 nitrogen and oxygen atoms in total. The van der Waals surface area contributed by atoms with Gasteiger partial charge in [0.1, 0.15) is 5.78 Å². The van der Waals surface area contributed by atoms with E-state index in [0.717, 1.165) is 6.92 Å². The van der Waals surface area contributed by atoms with Crippen LogP contribution in [0.2, 0.25) is 0 Å². The minimum absolute atomic E-state index is 0.564. The summed E-state index contributed by atoms with van der Waals surface area (Å²) < 4.78 is 37.1. The number of halogens is 3. The lowest BCUT2D eigenvalue weighted by atomic mass is 9.87. The van der Waals surface area contributed by atoms with Gasteiger partial charge in [-0.1, -0.05) is 13.8 Å². The minimum Gasteiger partial charge on any atom is -0.334 e. The molecule has 0 amide bonds. The molecule has 0 radical (unpaired) electrons. The molecule has 13 heavy (non-hydrogen) atoms. The molecule has 2 unspecified atom stereocenters. The van der Waals surface area contributed by atoms with Crippen LogP contribution in [-0.2, 0) is 4.79 Å². The monoisotopic (exact) mass is 198 g/mol. The van der Waals surface area contributed by atoms with Crippen molar-refractivity contribution in [1.29, 1.82) is 0 Å². The maximum Gasteiger partial charge on any atom is 0.385 e. The maximum absolute atomic E-state index is 12.9. The number of hydrogen-bond donors (Lipinski definition) is 1. The van der Waals surface area contributed by atoms with Gasteiger partial charge >= 0.3 is 6.11 Å². The van der Waals surface area contributed by atoms with Gasteiger partial charge in [0, 0.05) is 0 Å². The van der Waals surface area contributed by atoms with E-state index in [9.17, 15) is 18.0 Å². The summed E-state index contributed by atoms with van der Waals surface area (Å²) >= 11 is 0. The van der Waals surface area contributed by atoms with Crippen molar-refractivity contribution in [1.82, 2.24) is 0 Å². The molecule has 0 bridgehead atoms. The van der Waals surface area contributed by atoms with Crippen LogP contribution < -0.4 is 0 Å². The first-order valence-corrected chi connectivity index (χ1v) is 3.92. The van der Waals surface area contributed by atoms with Crippen LogP contribution in [0.4, 0.5) is 13.2 Å². The Labute approximate surface area is 74.7 Å². The highest BCUT2D eigenvalue weighted by Crippen LogP contribution is 2.29. The second-order valence-corrected chi connectivity index (χ2v) is 3.37. The van der Waals surface area contributed by atoms with Crippen LogP contribution in [0.1, 0.15) is 20.8 Å². The van der Waals surface area contributed by atoms with Gasteiger partial charge in [0.2, 0.25) is 6.17 Å². The lowest BCUT2D eigenvalue weighted by molar-refractivity contribution is -0.252. The maximum atomic E-state index is 12.9. The molecule has 2 atom stereocenters. The zero-order valence-electron chi connectivity index (χ0n) is 7.72. The van der Waals surface area contributed by atoms with Crippen molar-refractivity contribution in [3.8, 4) is 0 Å². The molecule has 0 saturated heterocycles. The third-order valence-corrected chi connectivity index (χ3v) is 1.83. The molecule has 0 spiro atoms. The summed E-state index contributed by atoms with van der Waals surface area (Å²) in [6.07, 6.45) is -7.27. The Bertz CT molecular complexity index is 186. The number of carbonyl (C=O) groups is 1. The molecule has 1 N–H and O–H groups in total. The number of alkyl halides is 3. The average Bonchev–Trinajstić information content (AvgIpc) is 1.82. The van der Waals surface area contributed by atoms with Gasteiger partial charge in [-0.3, -0.25) is 4.79 Å². The van der Waals surface area contributed by atoms with Crippen molar-refractivity contribution in [2.75, 3.05) is 0 Å². The summed E-state index contributed by atoms with van der Waals surface area (Å²) in [7, 11) is 0. The van der Waals surface area contributed by atoms with E-state index in [1.165, 1.54) is 13.8 Å². The highest BCUT2D eigenvalue weighted by molar-refractivity contribution is 5.79. The summed E-state index contributed by atoms with van der Waals surface area (Å²) in [6, 6.07) is 0. The fourth-order valence-electron chi connectivity index (χ4n) is 1.23. The van der Waals surface area contributed by atoms with Crippen LogP contribution in [0.3, 0.4) is 0 Å². The number of hydrogen-bond acceptors (Lipinski definition) is 2. The zero-order chi connectivity index (χ0) is 10.8. The van der Waals surface area contributed by atoms with Crippen LogP contribution in [0, 0.1) is 11.8 Å². The van der Waals surface area contributed by atoms with Crippen molar-refractivity contribution in [3.63, 3.8) is 0 Å². The first-order chi connectivity index (χ1) is 5.68. The minimum atomic E-state index is -4.44. The van der Waals surface area contributed by atoms with Gasteiger partial charge < -0.3 is 5.11 Å². The molecular weight excluding hydrogens is 185 g/mol. The number of carbonyl (C=O) groups excluding carboxylic acids is 1. The molecule has 0 aromatic carbocycles. The Hall–Kier alpha value is -0.580. The molecule has 0 aliphatic carbocycles. The van der Waals surface area contributed by atoms with Crippen molar-refractivity contribution >= 4 is 5.78 Å². The van der Waals surface area contributed by atoms with Crippen LogP contribution in [-0.4, -0.2) is 23.2 Å². The van der Waals surface area contributed by atoms with E-state index >= 15 is 0 Å². The molecule has 0 aliphatic rings. The SMILES string of the molecule is CC(=O)C(C(C)C)C(F)C(O)(F)F. The van der Waals surface area contributed by atoms with Crippen molar-refractivity contribution in [2.24, 2.45) is 11.8 Å². The van der Waals surface area contributed by atoms with E-state index in [0.29, 0.717) is 0 Å². The standard InChI is InChI=1S/C8H13F3O2/c1-4(2)6(5(3)12)7(9)8(10,11)13/h4,6-7,13H,1-3H3. The Morgan fingerprint density at radius 2 is 1.77 bits per heavy atom. The van der Waals surface area contributed by atoms with E-state index in [1.54, 1.807) is 0 Å². The summed E-state index contributed by atoms with van der Waals surface area (Å²) in [6.45, 7) is 3.93. The number of ketones is 1. The fourth-order valence-corrected chi connectivity index (χ4v) is 1.23. The summed E-state index contributed by atoms with van der Waals surface area (Å²) in [5.74, 6) is -2.71. The lowest BCUT2D eigenvalue weighted by Gasteiger charge is -2.24. The van der Waals surface area contributed by atoms with Gasteiger partial charge in [-0.25, -0.2) is 4.39 Å². The van der Waals surface area contributed by atoms with Gasteiger partial charge in [0.25, 0.3) is 0 Å². The van der Waals surface area contributed by atoms with E-state index in [-0.39, 0.29) is 0 Å². The summed E-state index contributed by atoms with van der Waals surface area (Å²) in [5, 5.41) is 8.09. The Kier molecular flexibility index (Phi) is 3.90. The summed E-state index contributed by atoms with van der Waals surface area (Å²) in [4.78, 5) is 10.8. The molecule has 5 heteroatoms. The largest absolute Gasteiger partial charge is 0.385 e. The van der Waals surface area contributed by atoms with Gasteiger partial charge in [-0.05, 0) is 12.8 Å². The van der Waals surface area contributed by atoms with Crippen LogP contribution in [0.15, 0.2) is 0 Å². The third-order valence-electron chi connectivity index (χ3n) is 1.83. The average molecular weight is 198 g/mol. The van der Waals surface area contributed by atoms with E-state index < -0.39 is 29.9 Å². The third kappa shape index (κ3) is 3.34. The van der Waals surface area contributed by atoms with Gasteiger partial charge in [0.15, 0.2) is 0 Å². The Morgan fingerprint density at radius 3 is 1.85 bits per heavy atom. The number of Topliss-reactive ketones (excluding diaryl/α,β-unsaturated/α-hetero) is 1. The predicted molar refractivity (Wildman–Crippen MR) is 41.1 cm³/mol. The Morgan fingerprint density at radius 1 is 1.38 bits per heavy atom. The van der Waals surface area contributed by atoms with Gasteiger partial charge in [-0.15, -0.1) is 0 Å². The van der Waals surface area contributed by atoms with E-state index in [4.69, 9.17) is 5.11 Å². The van der Waals surface area contributed by atoms with Gasteiger partial charge in [-0.2, -0.15) is 8.78 Å². The molecule has 0 heterocycles. The van der Waals surface area contributed by atoms with E-state index in [1.807, 2.05) is 0 Å². The zero-order valence-corrected chi connectivity index (χ0v) is 7.72. The highest BCUT2D eigenvalue weighted by Gasteiger charge is 2.46. The highest BCUT2D eigenvalue weighted by atomic mass is 19.3. The predicted octanol–water partition coefficient (Wildman–Crippen LogP) is 1.77. The van der Waals surface area contributed by atoms with Crippen molar-refractivity contribution in [3.05, 3.63) is 0 Å². The second kappa shape index (κ2) is 4.09. The first-order valence-electron chi connectivity index (χ1n) is 3.92. The number of rotatable bonds is 4. The molecule has 0 rings (SSSR count). The molecular formula is C8H13F3O2. The van der Waals surface area contributed by atoms with Crippen LogP contribution in [0.25, 0.3) is 0 Å². The molecule has 0 aromatic heterocycles. The smallest absolute Gasteiger partial charge is 0.334 e. The van der Waals surface area contributed by atoms with Crippen molar-refractivity contribution < 1.29 is 23.1 Å². The normalized spacial score (nSPS) is 17.2. The molecule has 0 aliphatic heterocycles. The molecule has 0 aromatic rings. The van der Waals surface area contributed by atoms with Crippen molar-refractivity contribution in [2.45, 2.75) is 33.1 Å². The Balaban J connectivity index is 4.67. The fraction of sp³-hybridized carbons (Fsp3) is 0.875. The number of aliphatic hydroxyl groups is 1. The summed E-state index contributed by atoms with van der Waals surface area (Å²) in [5.41, 5.74) is 0. The van der Waals surface area contributed by atoms with Crippen LogP contribution >= 0.6 is 0 Å². The quantitative estimate of drug-likeness (QED) is 0.747. The second-order valence-electron chi connectivity index (χ2n) is 3.37. The van der Waals surface area contributed by atoms with E-state index in [2.05, 4.69) is 0 Å². The molecule has 78 valence electrons. The first kappa shape index (κ1) is 12.4. The molecule has 0 saturated carbocycles. The lowest BCUT2D eigenvalue weighted by Crippen LogP contribution is -2.41. The van der Waals surface area contributed by atoms with Crippen LogP contribution in [0.5, 0.6) is 0 Å². The molecule has 0 fully saturated rings. The topological polar surface area (TPSA) is 37.3 Å².